The van der Waals surface area contributed by atoms with E-state index in [0.717, 1.165) is 30.7 Å². The van der Waals surface area contributed by atoms with Gasteiger partial charge in [0.05, 0.1) is 0 Å². The van der Waals surface area contributed by atoms with Crippen LogP contribution in [0.25, 0.3) is 0 Å². The van der Waals surface area contributed by atoms with Crippen molar-refractivity contribution in [2.45, 2.75) is 50.7 Å². The van der Waals surface area contributed by atoms with Crippen molar-refractivity contribution in [2.24, 2.45) is 5.92 Å². The zero-order chi connectivity index (χ0) is 14.0. The Kier molecular flexibility index (Phi) is 4.13. The van der Waals surface area contributed by atoms with Crippen LogP contribution < -0.4 is 0 Å². The standard InChI is InChI=1S/C12H16F3NO3/c13-12(14,15)11(18)19-16-7-3-6-9(16)10(17)8-4-1-2-5-8/h8-9H,1-7H2/t9-/m0/s1. The average Bonchev–Trinajstić information content (AvgIpc) is 2.97. The summed E-state index contributed by atoms with van der Waals surface area (Å²) in [7, 11) is 0. The minimum Gasteiger partial charge on any atom is -0.360 e. The SMILES string of the molecule is O=C(C1CCCC1)[C@@H]1CCCN1OC(=O)C(F)(F)F. The van der Waals surface area contributed by atoms with Gasteiger partial charge in [0.1, 0.15) is 6.04 Å². The fourth-order valence-electron chi connectivity index (χ4n) is 2.77. The fraction of sp³-hybridized carbons (Fsp3) is 0.833. The lowest BCUT2D eigenvalue weighted by Gasteiger charge is -2.24. The summed E-state index contributed by atoms with van der Waals surface area (Å²) in [6, 6.07) is -0.700. The molecule has 19 heavy (non-hydrogen) atoms. The molecule has 1 saturated carbocycles. The Morgan fingerprint density at radius 2 is 1.68 bits per heavy atom. The van der Waals surface area contributed by atoms with E-state index in [4.69, 9.17) is 0 Å². The van der Waals surface area contributed by atoms with E-state index in [1.54, 1.807) is 0 Å². The first-order valence-electron chi connectivity index (χ1n) is 6.49. The van der Waals surface area contributed by atoms with Crippen molar-refractivity contribution in [3.8, 4) is 0 Å². The van der Waals surface area contributed by atoms with Crippen LogP contribution in [0, 0.1) is 5.92 Å². The minimum absolute atomic E-state index is 0.0787. The highest BCUT2D eigenvalue weighted by molar-refractivity contribution is 5.87. The van der Waals surface area contributed by atoms with Crippen LogP contribution in [0.5, 0.6) is 0 Å². The molecule has 0 aromatic heterocycles. The number of Topliss-reactive ketones (excluding diaryl/α,β-unsaturated/α-hetero) is 1. The molecule has 0 spiro atoms. The van der Waals surface area contributed by atoms with Crippen LogP contribution in [-0.2, 0) is 14.4 Å². The Bertz CT molecular complexity index is 364. The molecular formula is C12H16F3NO3. The molecule has 7 heteroatoms. The van der Waals surface area contributed by atoms with E-state index in [0.29, 0.717) is 12.8 Å². The number of carbonyl (C=O) groups excluding carboxylic acids is 2. The van der Waals surface area contributed by atoms with E-state index < -0.39 is 18.2 Å². The molecule has 1 aliphatic carbocycles. The van der Waals surface area contributed by atoms with E-state index in [2.05, 4.69) is 4.84 Å². The average molecular weight is 279 g/mol. The van der Waals surface area contributed by atoms with Crippen LogP contribution in [0.3, 0.4) is 0 Å². The molecule has 0 aromatic rings. The monoisotopic (exact) mass is 279 g/mol. The van der Waals surface area contributed by atoms with Crippen molar-refractivity contribution in [2.75, 3.05) is 6.54 Å². The van der Waals surface area contributed by atoms with Crippen LogP contribution >= 0.6 is 0 Å². The molecule has 0 radical (unpaired) electrons. The summed E-state index contributed by atoms with van der Waals surface area (Å²) in [6.07, 6.45) is -0.470. The summed E-state index contributed by atoms with van der Waals surface area (Å²) in [5, 5.41) is 0.913. The second-order valence-electron chi connectivity index (χ2n) is 5.06. The number of alkyl halides is 3. The molecule has 108 valence electrons. The van der Waals surface area contributed by atoms with Crippen molar-refractivity contribution < 1.29 is 27.6 Å². The first-order valence-corrected chi connectivity index (χ1v) is 6.49. The van der Waals surface area contributed by atoms with Gasteiger partial charge in [0.2, 0.25) is 0 Å². The summed E-state index contributed by atoms with van der Waals surface area (Å²) in [5.41, 5.74) is 0. The lowest BCUT2D eigenvalue weighted by atomic mass is 9.96. The molecule has 2 rings (SSSR count). The maximum atomic E-state index is 12.2. The molecule has 4 nitrogen and oxygen atoms in total. The third-order valence-corrected chi connectivity index (χ3v) is 3.72. The highest BCUT2D eigenvalue weighted by Gasteiger charge is 2.45. The van der Waals surface area contributed by atoms with Crippen molar-refractivity contribution in [3.05, 3.63) is 0 Å². The number of nitrogens with zero attached hydrogens (tertiary/aromatic N) is 1. The van der Waals surface area contributed by atoms with Crippen LogP contribution in [-0.4, -0.2) is 35.6 Å². The van der Waals surface area contributed by atoms with Gasteiger partial charge in [0.25, 0.3) is 0 Å². The molecule has 1 saturated heterocycles. The summed E-state index contributed by atoms with van der Waals surface area (Å²) in [5.74, 6) is -2.42. The predicted octanol–water partition coefficient (Wildman–Crippen LogP) is 2.23. The lowest BCUT2D eigenvalue weighted by Crippen LogP contribution is -2.42. The summed E-state index contributed by atoms with van der Waals surface area (Å²) < 4.78 is 36.4. The topological polar surface area (TPSA) is 46.6 Å². The van der Waals surface area contributed by atoms with Crippen LogP contribution in [0.1, 0.15) is 38.5 Å². The predicted molar refractivity (Wildman–Crippen MR) is 58.8 cm³/mol. The van der Waals surface area contributed by atoms with Crippen molar-refractivity contribution in [3.63, 3.8) is 0 Å². The van der Waals surface area contributed by atoms with Gasteiger partial charge in [0, 0.05) is 12.5 Å². The molecule has 1 heterocycles. The second kappa shape index (κ2) is 5.48. The van der Waals surface area contributed by atoms with Gasteiger partial charge in [-0.15, -0.1) is 5.06 Å². The number of hydrogen-bond donors (Lipinski definition) is 0. The molecular weight excluding hydrogens is 263 g/mol. The first kappa shape index (κ1) is 14.3. The summed E-state index contributed by atoms with van der Waals surface area (Å²) >= 11 is 0. The number of hydroxylamine groups is 2. The normalized spacial score (nSPS) is 25.7. The summed E-state index contributed by atoms with van der Waals surface area (Å²) in [6.45, 7) is 0.185. The first-order chi connectivity index (χ1) is 8.89. The molecule has 0 bridgehead atoms. The number of carbonyl (C=O) groups is 2. The Morgan fingerprint density at radius 1 is 1.05 bits per heavy atom. The molecule has 0 N–H and O–H groups in total. The maximum absolute atomic E-state index is 12.2. The van der Waals surface area contributed by atoms with Crippen molar-refractivity contribution in [1.29, 1.82) is 0 Å². The molecule has 1 atom stereocenters. The highest BCUT2D eigenvalue weighted by atomic mass is 19.4. The Morgan fingerprint density at radius 3 is 2.26 bits per heavy atom. The summed E-state index contributed by atoms with van der Waals surface area (Å²) in [4.78, 5) is 27.3. The second-order valence-corrected chi connectivity index (χ2v) is 5.06. The molecule has 0 unspecified atom stereocenters. The van der Waals surface area contributed by atoms with Gasteiger partial charge in [0.15, 0.2) is 5.78 Å². The largest absolute Gasteiger partial charge is 0.492 e. The quantitative estimate of drug-likeness (QED) is 0.794. The Balaban J connectivity index is 1.96. The van der Waals surface area contributed by atoms with E-state index in [1.165, 1.54) is 0 Å². The molecule has 0 amide bonds. The third kappa shape index (κ3) is 3.26. The van der Waals surface area contributed by atoms with Crippen LogP contribution in [0.2, 0.25) is 0 Å². The van der Waals surface area contributed by atoms with E-state index >= 15 is 0 Å². The lowest BCUT2D eigenvalue weighted by molar-refractivity contribution is -0.240. The number of hydrogen-bond acceptors (Lipinski definition) is 4. The van der Waals surface area contributed by atoms with E-state index in [9.17, 15) is 22.8 Å². The Hall–Kier alpha value is -1.11. The molecule has 0 aromatic carbocycles. The molecule has 2 aliphatic rings. The molecule has 1 aliphatic heterocycles. The zero-order valence-corrected chi connectivity index (χ0v) is 10.4. The number of halogens is 3. The maximum Gasteiger partial charge on any atom is 0.492 e. The number of rotatable bonds is 3. The zero-order valence-electron chi connectivity index (χ0n) is 10.4. The van der Waals surface area contributed by atoms with E-state index in [-0.39, 0.29) is 18.2 Å². The van der Waals surface area contributed by atoms with Crippen LogP contribution in [0.15, 0.2) is 0 Å². The molecule has 2 fully saturated rings. The van der Waals surface area contributed by atoms with Gasteiger partial charge in [-0.3, -0.25) is 4.79 Å². The Labute approximate surface area is 108 Å². The van der Waals surface area contributed by atoms with Gasteiger partial charge in [-0.25, -0.2) is 4.79 Å². The van der Waals surface area contributed by atoms with Crippen molar-refractivity contribution >= 4 is 11.8 Å². The smallest absolute Gasteiger partial charge is 0.360 e. The van der Waals surface area contributed by atoms with Crippen LogP contribution in [0.4, 0.5) is 13.2 Å². The van der Waals surface area contributed by atoms with Gasteiger partial charge in [-0.1, -0.05) is 12.8 Å². The van der Waals surface area contributed by atoms with E-state index in [1.807, 2.05) is 0 Å². The minimum atomic E-state index is -5.02. The van der Waals surface area contributed by atoms with Crippen molar-refractivity contribution in [1.82, 2.24) is 5.06 Å². The number of ketones is 1. The van der Waals surface area contributed by atoms with Gasteiger partial charge in [-0.05, 0) is 25.7 Å². The third-order valence-electron chi connectivity index (χ3n) is 3.72. The highest BCUT2D eigenvalue weighted by Crippen LogP contribution is 2.31. The van der Waals surface area contributed by atoms with Gasteiger partial charge in [-0.2, -0.15) is 13.2 Å². The fourth-order valence-corrected chi connectivity index (χ4v) is 2.77. The van der Waals surface area contributed by atoms with Gasteiger partial charge < -0.3 is 4.84 Å². The van der Waals surface area contributed by atoms with Gasteiger partial charge >= 0.3 is 12.1 Å².